The summed E-state index contributed by atoms with van der Waals surface area (Å²) in [6, 6.07) is 33.7. The van der Waals surface area contributed by atoms with Crippen LogP contribution in [0.3, 0.4) is 0 Å². The first-order valence-electron chi connectivity index (χ1n) is 16.2. The SMILES string of the molecule is COc1ccc(C(O[C@H]2[C@H]3OC[C@@]2(CO)O[C@H]3n2cc(C)c(NC(=O)c3ccccc3)nc2=O)(c2ccccc2)c2ccc(OC)cc2)cc1. The summed E-state index contributed by atoms with van der Waals surface area (Å²) >= 11 is 0. The fourth-order valence-corrected chi connectivity index (χ4v) is 6.77. The molecule has 2 saturated heterocycles. The van der Waals surface area contributed by atoms with Gasteiger partial charge in [0.15, 0.2) is 6.23 Å². The van der Waals surface area contributed by atoms with E-state index in [1.54, 1.807) is 51.6 Å². The molecule has 2 fully saturated rings. The maximum Gasteiger partial charge on any atom is 0.351 e. The first-order valence-corrected chi connectivity index (χ1v) is 16.2. The maximum atomic E-state index is 13.6. The van der Waals surface area contributed by atoms with Crippen LogP contribution in [0.2, 0.25) is 0 Å². The van der Waals surface area contributed by atoms with E-state index in [0.717, 1.165) is 16.7 Å². The van der Waals surface area contributed by atoms with Gasteiger partial charge in [-0.1, -0.05) is 72.8 Å². The molecule has 1 aromatic heterocycles. The van der Waals surface area contributed by atoms with Crippen LogP contribution in [0.25, 0.3) is 0 Å². The summed E-state index contributed by atoms with van der Waals surface area (Å²) in [5.74, 6) is 1.10. The van der Waals surface area contributed by atoms with Crippen molar-refractivity contribution in [3.8, 4) is 11.5 Å². The number of hydrogen-bond donors (Lipinski definition) is 2. The highest BCUT2D eigenvalue weighted by Gasteiger charge is 2.65. The quantitative estimate of drug-likeness (QED) is 0.189. The van der Waals surface area contributed by atoms with E-state index in [0.29, 0.717) is 22.6 Å². The standard InChI is InChI=1S/C39H37N3O8/c1-25-22-42(37(45)41-34(25)40-35(44)26-10-6-4-7-11-26)36-32-33(38(23-43,50-36)24-48-32)49-39(27-12-8-5-9-13-27,28-14-18-30(46-2)19-15-28)29-16-20-31(47-3)21-17-29/h4-22,32-33,36,43H,23-24H2,1-3H3,(H,40,41,44,45)/t32-,33+,36-,38-/m1/s1. The molecule has 4 atom stereocenters. The largest absolute Gasteiger partial charge is 0.497 e. The van der Waals surface area contributed by atoms with E-state index in [1.807, 2.05) is 84.9 Å². The Morgan fingerprint density at radius 2 is 1.46 bits per heavy atom. The van der Waals surface area contributed by atoms with Crippen molar-refractivity contribution in [3.05, 3.63) is 154 Å². The Balaban J connectivity index is 1.30. The highest BCUT2D eigenvalue weighted by molar-refractivity contribution is 6.04. The molecule has 11 heteroatoms. The van der Waals surface area contributed by atoms with Crippen molar-refractivity contribution < 1.29 is 33.6 Å². The second-order valence-electron chi connectivity index (χ2n) is 12.3. The summed E-state index contributed by atoms with van der Waals surface area (Å²) in [5, 5.41) is 13.7. The summed E-state index contributed by atoms with van der Waals surface area (Å²) in [4.78, 5) is 30.6. The van der Waals surface area contributed by atoms with Crippen LogP contribution in [0.1, 0.15) is 38.8 Å². The molecule has 0 saturated carbocycles. The normalized spacial score (nSPS) is 21.2. The van der Waals surface area contributed by atoms with Crippen molar-refractivity contribution in [1.82, 2.24) is 9.55 Å². The molecule has 256 valence electrons. The van der Waals surface area contributed by atoms with E-state index < -0.39 is 41.9 Å². The molecular formula is C39H37N3O8. The highest BCUT2D eigenvalue weighted by Crippen LogP contribution is 2.51. The number of hydrogen-bond acceptors (Lipinski definition) is 9. The number of aromatic nitrogens is 2. The van der Waals surface area contributed by atoms with Gasteiger partial charge in [-0.3, -0.25) is 9.36 Å². The highest BCUT2D eigenvalue weighted by atomic mass is 16.7. The minimum atomic E-state index is -1.32. The molecule has 0 radical (unpaired) electrons. The van der Waals surface area contributed by atoms with Gasteiger partial charge in [0, 0.05) is 17.3 Å². The number of carbonyl (C=O) groups is 1. The van der Waals surface area contributed by atoms with Crippen LogP contribution in [0.5, 0.6) is 11.5 Å². The van der Waals surface area contributed by atoms with Gasteiger partial charge in [-0.15, -0.1) is 0 Å². The molecule has 2 bridgehead atoms. The first-order chi connectivity index (χ1) is 24.3. The van der Waals surface area contributed by atoms with Gasteiger partial charge in [0.25, 0.3) is 5.91 Å². The Labute approximate surface area is 289 Å². The lowest BCUT2D eigenvalue weighted by atomic mass is 9.79. The van der Waals surface area contributed by atoms with Crippen molar-refractivity contribution in [2.24, 2.45) is 0 Å². The molecule has 0 aliphatic carbocycles. The molecule has 50 heavy (non-hydrogen) atoms. The lowest BCUT2D eigenvalue weighted by molar-refractivity contribution is -0.191. The predicted molar refractivity (Wildman–Crippen MR) is 184 cm³/mol. The smallest absolute Gasteiger partial charge is 0.351 e. The minimum absolute atomic E-state index is 0.0395. The van der Waals surface area contributed by atoms with Gasteiger partial charge in [0.05, 0.1) is 27.4 Å². The third-order valence-corrected chi connectivity index (χ3v) is 9.39. The van der Waals surface area contributed by atoms with E-state index in [2.05, 4.69) is 10.3 Å². The number of nitrogens with zero attached hydrogens (tertiary/aromatic N) is 2. The van der Waals surface area contributed by atoms with Crippen LogP contribution >= 0.6 is 0 Å². The molecule has 3 heterocycles. The van der Waals surface area contributed by atoms with Crippen molar-refractivity contribution in [1.29, 1.82) is 0 Å². The third kappa shape index (κ3) is 5.73. The Hall–Kier alpha value is -5.33. The molecule has 2 aliphatic rings. The topological polar surface area (TPSA) is 130 Å². The molecule has 5 aromatic rings. The zero-order chi connectivity index (χ0) is 34.9. The van der Waals surface area contributed by atoms with Crippen LogP contribution in [0.4, 0.5) is 5.82 Å². The number of aryl methyl sites for hydroxylation is 1. The number of carbonyl (C=O) groups excluding carboxylic acids is 1. The van der Waals surface area contributed by atoms with Gasteiger partial charge in [0.1, 0.15) is 40.7 Å². The lowest BCUT2D eigenvalue weighted by Gasteiger charge is -2.40. The van der Waals surface area contributed by atoms with Gasteiger partial charge >= 0.3 is 5.69 Å². The Morgan fingerprint density at radius 3 is 2.02 bits per heavy atom. The Morgan fingerprint density at radius 1 is 0.900 bits per heavy atom. The molecule has 4 aromatic carbocycles. The number of rotatable bonds is 11. The molecular weight excluding hydrogens is 638 g/mol. The summed E-state index contributed by atoms with van der Waals surface area (Å²) in [5.41, 5.74) is 0.152. The molecule has 11 nitrogen and oxygen atoms in total. The number of amides is 1. The van der Waals surface area contributed by atoms with Crippen LogP contribution < -0.4 is 20.5 Å². The zero-order valence-corrected chi connectivity index (χ0v) is 27.8. The average molecular weight is 676 g/mol. The number of fused-ring (bicyclic) bond motifs is 2. The van der Waals surface area contributed by atoms with Gasteiger partial charge in [0.2, 0.25) is 0 Å². The first kappa shape index (κ1) is 33.2. The number of methoxy groups -OCH3 is 2. The summed E-state index contributed by atoms with van der Waals surface area (Å²) in [6.45, 7) is 1.34. The van der Waals surface area contributed by atoms with Crippen molar-refractivity contribution >= 4 is 11.7 Å². The average Bonchev–Trinajstić information content (AvgIpc) is 3.67. The van der Waals surface area contributed by atoms with Gasteiger partial charge in [-0.05, 0) is 60.0 Å². The van der Waals surface area contributed by atoms with E-state index in [1.165, 1.54) is 4.57 Å². The summed E-state index contributed by atoms with van der Waals surface area (Å²) in [6.07, 6.45) is -1.08. The number of aliphatic hydroxyl groups excluding tert-OH is 1. The minimum Gasteiger partial charge on any atom is -0.497 e. The molecule has 2 N–H and O–H groups in total. The number of benzene rings is 4. The lowest BCUT2D eigenvalue weighted by Crippen LogP contribution is -2.49. The van der Waals surface area contributed by atoms with Gasteiger partial charge < -0.3 is 34.1 Å². The Bertz CT molecular complexity index is 1970. The fourth-order valence-electron chi connectivity index (χ4n) is 6.77. The van der Waals surface area contributed by atoms with E-state index >= 15 is 0 Å². The van der Waals surface area contributed by atoms with Crippen molar-refractivity contribution in [2.45, 2.75) is 36.6 Å². The zero-order valence-electron chi connectivity index (χ0n) is 27.8. The van der Waals surface area contributed by atoms with E-state index in [-0.39, 0.29) is 18.3 Å². The van der Waals surface area contributed by atoms with Crippen LogP contribution in [0.15, 0.2) is 120 Å². The summed E-state index contributed by atoms with van der Waals surface area (Å²) in [7, 11) is 3.22. The van der Waals surface area contributed by atoms with E-state index in [9.17, 15) is 14.7 Å². The monoisotopic (exact) mass is 675 g/mol. The van der Waals surface area contributed by atoms with Crippen molar-refractivity contribution in [3.63, 3.8) is 0 Å². The maximum absolute atomic E-state index is 13.6. The predicted octanol–water partition coefficient (Wildman–Crippen LogP) is 4.86. The van der Waals surface area contributed by atoms with Crippen molar-refractivity contribution in [2.75, 3.05) is 32.8 Å². The number of anilines is 1. The Kier molecular flexibility index (Phi) is 8.98. The number of aliphatic hydroxyl groups is 1. The van der Waals surface area contributed by atoms with Gasteiger partial charge in [-0.25, -0.2) is 4.79 Å². The summed E-state index contributed by atoms with van der Waals surface area (Å²) < 4.78 is 32.5. The third-order valence-electron chi connectivity index (χ3n) is 9.39. The molecule has 7 rings (SSSR count). The molecule has 0 unspecified atom stereocenters. The van der Waals surface area contributed by atoms with Crippen LogP contribution in [-0.2, 0) is 19.8 Å². The molecule has 0 spiro atoms. The molecule has 2 aliphatic heterocycles. The molecule has 1 amide bonds. The van der Waals surface area contributed by atoms with Crippen LogP contribution in [-0.4, -0.2) is 65.8 Å². The van der Waals surface area contributed by atoms with Crippen LogP contribution in [0, 0.1) is 6.92 Å². The fraction of sp³-hybridized carbons (Fsp3) is 0.256. The second-order valence-corrected chi connectivity index (χ2v) is 12.3. The van der Waals surface area contributed by atoms with Gasteiger partial charge in [-0.2, -0.15) is 4.98 Å². The number of ether oxygens (including phenoxy) is 5. The second kappa shape index (κ2) is 13.5. The van der Waals surface area contributed by atoms with E-state index in [4.69, 9.17) is 23.7 Å². The number of nitrogens with one attached hydrogen (secondary N) is 1.